The number of hydrogen-bond acceptors (Lipinski definition) is 4. The second kappa shape index (κ2) is 6.89. The van der Waals surface area contributed by atoms with E-state index < -0.39 is 0 Å². The third kappa shape index (κ3) is 3.94. The first-order chi connectivity index (χ1) is 10.0. The van der Waals surface area contributed by atoms with E-state index in [4.69, 9.17) is 4.74 Å². The summed E-state index contributed by atoms with van der Waals surface area (Å²) in [6, 6.07) is 4.00. The number of benzene rings is 1. The molecule has 0 unspecified atom stereocenters. The van der Waals surface area contributed by atoms with Crippen LogP contribution in [0.25, 0.3) is 0 Å². The van der Waals surface area contributed by atoms with E-state index >= 15 is 0 Å². The van der Waals surface area contributed by atoms with Crippen molar-refractivity contribution < 1.29 is 4.74 Å². The minimum absolute atomic E-state index is 0.588. The molecule has 0 radical (unpaired) electrons. The van der Waals surface area contributed by atoms with Crippen molar-refractivity contribution in [3.05, 3.63) is 39.5 Å². The quantitative estimate of drug-likeness (QED) is 0.843. The molecule has 0 aliphatic heterocycles. The van der Waals surface area contributed by atoms with Crippen LogP contribution in [0, 0.1) is 20.8 Å². The molecule has 1 aromatic carbocycles. The zero-order valence-corrected chi connectivity index (χ0v) is 14.4. The van der Waals surface area contributed by atoms with Crippen molar-refractivity contribution in [1.29, 1.82) is 0 Å². The lowest BCUT2D eigenvalue weighted by Gasteiger charge is -2.12. The second-order valence-electron chi connectivity index (χ2n) is 5.08. The molecule has 1 N–H and O–H groups in total. The predicted molar refractivity (Wildman–Crippen MR) is 89.2 cm³/mol. The number of anilines is 1. The molecule has 1 aromatic heterocycles. The number of ether oxygens (including phenoxy) is 1. The molecule has 0 aliphatic rings. The summed E-state index contributed by atoms with van der Waals surface area (Å²) >= 11 is 3.56. The number of aryl methyl sites for hydroxylation is 3. The SMILES string of the molecule is CCCNc1ncc(C)c(Oc2cc(C)c(Br)c(C)c2)n1. The number of hydrogen-bond donors (Lipinski definition) is 1. The van der Waals surface area contributed by atoms with Crippen LogP contribution in [-0.4, -0.2) is 16.5 Å². The van der Waals surface area contributed by atoms with Crippen molar-refractivity contribution in [2.45, 2.75) is 34.1 Å². The minimum atomic E-state index is 0.588. The normalized spacial score (nSPS) is 10.5. The van der Waals surface area contributed by atoms with Crippen molar-refractivity contribution in [1.82, 2.24) is 9.97 Å². The van der Waals surface area contributed by atoms with Crippen molar-refractivity contribution in [2.75, 3.05) is 11.9 Å². The Kier molecular flexibility index (Phi) is 5.17. The Morgan fingerprint density at radius 2 is 1.81 bits per heavy atom. The summed E-state index contributed by atoms with van der Waals surface area (Å²) in [7, 11) is 0. The molecule has 21 heavy (non-hydrogen) atoms. The van der Waals surface area contributed by atoms with Gasteiger partial charge in [-0.1, -0.05) is 22.9 Å². The van der Waals surface area contributed by atoms with Gasteiger partial charge in [-0.25, -0.2) is 4.98 Å². The van der Waals surface area contributed by atoms with Crippen LogP contribution in [0.2, 0.25) is 0 Å². The summed E-state index contributed by atoms with van der Waals surface area (Å²) in [6.45, 7) is 8.98. The van der Waals surface area contributed by atoms with E-state index in [0.29, 0.717) is 11.8 Å². The third-order valence-electron chi connectivity index (χ3n) is 3.08. The van der Waals surface area contributed by atoms with Crippen LogP contribution >= 0.6 is 15.9 Å². The monoisotopic (exact) mass is 349 g/mol. The highest BCUT2D eigenvalue weighted by atomic mass is 79.9. The minimum Gasteiger partial charge on any atom is -0.439 e. The molecule has 0 fully saturated rings. The van der Waals surface area contributed by atoms with Crippen LogP contribution in [0.3, 0.4) is 0 Å². The predicted octanol–water partition coefficient (Wildman–Crippen LogP) is 4.78. The molecule has 0 atom stereocenters. The summed E-state index contributed by atoms with van der Waals surface area (Å²) in [5, 5.41) is 3.17. The van der Waals surface area contributed by atoms with Crippen LogP contribution in [-0.2, 0) is 0 Å². The van der Waals surface area contributed by atoms with Crippen LogP contribution < -0.4 is 10.1 Å². The first-order valence-corrected chi connectivity index (χ1v) is 7.82. The number of aromatic nitrogens is 2. The highest BCUT2D eigenvalue weighted by molar-refractivity contribution is 9.10. The standard InChI is InChI=1S/C16H20BrN3O/c1-5-6-18-16-19-9-12(4)15(20-16)21-13-7-10(2)14(17)11(3)8-13/h7-9H,5-6H2,1-4H3,(H,18,19,20). The summed E-state index contributed by atoms with van der Waals surface area (Å²) in [4.78, 5) is 8.69. The van der Waals surface area contributed by atoms with Gasteiger partial charge in [-0.3, -0.25) is 0 Å². The molecule has 1 heterocycles. The van der Waals surface area contributed by atoms with Gasteiger partial charge < -0.3 is 10.1 Å². The molecule has 112 valence electrons. The Morgan fingerprint density at radius 1 is 1.14 bits per heavy atom. The maximum Gasteiger partial charge on any atom is 0.226 e. The summed E-state index contributed by atoms with van der Waals surface area (Å²) in [5.74, 6) is 1.98. The molecule has 2 rings (SSSR count). The van der Waals surface area contributed by atoms with Crippen molar-refractivity contribution in [3.8, 4) is 11.6 Å². The third-order valence-corrected chi connectivity index (χ3v) is 4.33. The van der Waals surface area contributed by atoms with Crippen LogP contribution in [0.4, 0.5) is 5.95 Å². The van der Waals surface area contributed by atoms with E-state index in [9.17, 15) is 0 Å². The largest absolute Gasteiger partial charge is 0.439 e. The molecule has 0 aliphatic carbocycles. The van der Waals surface area contributed by atoms with E-state index in [2.05, 4.69) is 38.1 Å². The lowest BCUT2D eigenvalue weighted by molar-refractivity contribution is 0.457. The second-order valence-corrected chi connectivity index (χ2v) is 5.87. The van der Waals surface area contributed by atoms with Crippen molar-refractivity contribution >= 4 is 21.9 Å². The van der Waals surface area contributed by atoms with Gasteiger partial charge in [0.15, 0.2) is 0 Å². The van der Waals surface area contributed by atoms with Gasteiger partial charge in [0, 0.05) is 22.8 Å². The van der Waals surface area contributed by atoms with Gasteiger partial charge in [0.2, 0.25) is 11.8 Å². The first-order valence-electron chi connectivity index (χ1n) is 7.03. The Labute approximate surface area is 134 Å². The van der Waals surface area contributed by atoms with E-state index in [1.807, 2.05) is 32.9 Å². The topological polar surface area (TPSA) is 47.0 Å². The van der Waals surface area contributed by atoms with Crippen molar-refractivity contribution in [3.63, 3.8) is 0 Å². The average molecular weight is 350 g/mol. The number of halogens is 1. The van der Waals surface area contributed by atoms with E-state index in [1.165, 1.54) is 0 Å². The highest BCUT2D eigenvalue weighted by Gasteiger charge is 2.09. The van der Waals surface area contributed by atoms with Gasteiger partial charge in [-0.2, -0.15) is 4.98 Å². The molecule has 0 saturated carbocycles. The Bertz CT molecular complexity index is 620. The van der Waals surface area contributed by atoms with Gasteiger partial charge in [0.1, 0.15) is 5.75 Å². The zero-order valence-electron chi connectivity index (χ0n) is 12.8. The van der Waals surface area contributed by atoms with Gasteiger partial charge in [-0.15, -0.1) is 0 Å². The Balaban J connectivity index is 2.26. The maximum absolute atomic E-state index is 5.93. The van der Waals surface area contributed by atoms with E-state index in [-0.39, 0.29) is 0 Å². The van der Waals surface area contributed by atoms with Gasteiger partial charge >= 0.3 is 0 Å². The lowest BCUT2D eigenvalue weighted by Crippen LogP contribution is -2.05. The van der Waals surface area contributed by atoms with Crippen LogP contribution in [0.5, 0.6) is 11.6 Å². The molecule has 2 aromatic rings. The smallest absolute Gasteiger partial charge is 0.226 e. The summed E-state index contributed by atoms with van der Waals surface area (Å²) < 4.78 is 7.05. The number of rotatable bonds is 5. The molecule has 0 amide bonds. The molecule has 0 bridgehead atoms. The lowest BCUT2D eigenvalue weighted by atomic mass is 10.1. The summed E-state index contributed by atoms with van der Waals surface area (Å²) in [5.41, 5.74) is 3.19. The van der Waals surface area contributed by atoms with Gasteiger partial charge in [0.25, 0.3) is 0 Å². The molecular formula is C16H20BrN3O. The zero-order chi connectivity index (χ0) is 15.4. The maximum atomic E-state index is 5.93. The van der Waals surface area contributed by atoms with Crippen LogP contribution in [0.1, 0.15) is 30.0 Å². The molecular weight excluding hydrogens is 330 g/mol. The number of nitrogens with zero attached hydrogens (tertiary/aromatic N) is 2. The molecule has 4 nitrogen and oxygen atoms in total. The fourth-order valence-electron chi connectivity index (χ4n) is 1.93. The van der Waals surface area contributed by atoms with Crippen molar-refractivity contribution in [2.24, 2.45) is 0 Å². The van der Waals surface area contributed by atoms with E-state index in [1.54, 1.807) is 6.20 Å². The van der Waals surface area contributed by atoms with Crippen LogP contribution in [0.15, 0.2) is 22.8 Å². The van der Waals surface area contributed by atoms with E-state index in [0.717, 1.165) is 39.9 Å². The molecule has 0 spiro atoms. The average Bonchev–Trinajstić information content (AvgIpc) is 2.45. The fourth-order valence-corrected chi connectivity index (χ4v) is 2.16. The fraction of sp³-hybridized carbons (Fsp3) is 0.375. The molecule has 5 heteroatoms. The van der Waals surface area contributed by atoms with Gasteiger partial charge in [-0.05, 0) is 50.5 Å². The first kappa shape index (κ1) is 15.8. The number of nitrogens with one attached hydrogen (secondary N) is 1. The Morgan fingerprint density at radius 3 is 2.43 bits per heavy atom. The molecule has 0 saturated heterocycles. The van der Waals surface area contributed by atoms with Gasteiger partial charge in [0.05, 0.1) is 0 Å². The Hall–Kier alpha value is -1.62. The highest BCUT2D eigenvalue weighted by Crippen LogP contribution is 2.30. The summed E-state index contributed by atoms with van der Waals surface area (Å²) in [6.07, 6.45) is 2.80.